The number of rotatable bonds is 5. The number of halogens is 1. The van der Waals surface area contributed by atoms with Gasteiger partial charge in [-0.25, -0.2) is 8.42 Å². The summed E-state index contributed by atoms with van der Waals surface area (Å²) in [7, 11) is -3.61. The molecule has 20 heavy (non-hydrogen) atoms. The molecule has 0 aliphatic carbocycles. The van der Waals surface area contributed by atoms with Crippen molar-refractivity contribution in [1.82, 2.24) is 0 Å². The van der Waals surface area contributed by atoms with Crippen LogP contribution in [0.3, 0.4) is 0 Å². The van der Waals surface area contributed by atoms with E-state index in [1.165, 1.54) is 24.3 Å². The van der Waals surface area contributed by atoms with Crippen LogP contribution in [0.2, 0.25) is 5.02 Å². The molecule has 0 fully saturated rings. The second-order valence-corrected chi connectivity index (χ2v) is 6.35. The number of anilines is 1. The fourth-order valence-corrected chi connectivity index (χ4v) is 2.88. The summed E-state index contributed by atoms with van der Waals surface area (Å²) in [4.78, 5) is 0.154. The molecule has 0 atom stereocenters. The van der Waals surface area contributed by atoms with Gasteiger partial charge in [0, 0.05) is 17.3 Å². The molecule has 0 aliphatic rings. The molecule has 0 radical (unpaired) electrons. The van der Waals surface area contributed by atoms with Gasteiger partial charge < -0.3 is 5.11 Å². The summed E-state index contributed by atoms with van der Waals surface area (Å²) in [6.07, 6.45) is 0.546. The Morgan fingerprint density at radius 1 is 1.00 bits per heavy atom. The minimum atomic E-state index is -3.61. The van der Waals surface area contributed by atoms with Crippen LogP contribution in [0.1, 0.15) is 5.56 Å². The predicted molar refractivity (Wildman–Crippen MR) is 79.5 cm³/mol. The summed E-state index contributed by atoms with van der Waals surface area (Å²) in [5.74, 6) is 0. The van der Waals surface area contributed by atoms with Gasteiger partial charge in [0.2, 0.25) is 0 Å². The van der Waals surface area contributed by atoms with E-state index in [0.29, 0.717) is 17.1 Å². The number of aliphatic hydroxyl groups is 1. The molecule has 0 saturated carbocycles. The zero-order valence-electron chi connectivity index (χ0n) is 10.6. The molecule has 106 valence electrons. The molecular formula is C14H14ClNO3S. The highest BCUT2D eigenvalue weighted by atomic mass is 35.5. The van der Waals surface area contributed by atoms with E-state index >= 15 is 0 Å². The molecule has 2 aromatic carbocycles. The first-order valence-electron chi connectivity index (χ1n) is 5.99. The molecule has 0 heterocycles. The van der Waals surface area contributed by atoms with Gasteiger partial charge in [-0.1, -0.05) is 23.7 Å². The highest BCUT2D eigenvalue weighted by Crippen LogP contribution is 2.18. The van der Waals surface area contributed by atoms with Gasteiger partial charge in [0.15, 0.2) is 0 Å². The van der Waals surface area contributed by atoms with Crippen molar-refractivity contribution in [2.45, 2.75) is 11.3 Å². The Bertz CT molecular complexity index is 667. The summed E-state index contributed by atoms with van der Waals surface area (Å²) in [5.41, 5.74) is 1.42. The van der Waals surface area contributed by atoms with Crippen molar-refractivity contribution in [3.63, 3.8) is 0 Å². The normalized spacial score (nSPS) is 11.3. The first-order valence-corrected chi connectivity index (χ1v) is 7.85. The van der Waals surface area contributed by atoms with Crippen LogP contribution >= 0.6 is 11.6 Å². The number of hydrogen-bond acceptors (Lipinski definition) is 3. The Morgan fingerprint density at radius 3 is 2.15 bits per heavy atom. The summed E-state index contributed by atoms with van der Waals surface area (Å²) in [5, 5.41) is 9.31. The molecule has 0 bridgehead atoms. The molecule has 2 aromatic rings. The smallest absolute Gasteiger partial charge is 0.261 e. The van der Waals surface area contributed by atoms with Crippen molar-refractivity contribution < 1.29 is 13.5 Å². The van der Waals surface area contributed by atoms with Gasteiger partial charge >= 0.3 is 0 Å². The predicted octanol–water partition coefficient (Wildman–Crippen LogP) is 2.68. The van der Waals surface area contributed by atoms with E-state index < -0.39 is 10.0 Å². The molecule has 6 heteroatoms. The van der Waals surface area contributed by atoms with Gasteiger partial charge in [0.1, 0.15) is 0 Å². The van der Waals surface area contributed by atoms with Crippen LogP contribution in [0.15, 0.2) is 53.4 Å². The lowest BCUT2D eigenvalue weighted by atomic mass is 10.1. The van der Waals surface area contributed by atoms with E-state index in [1.807, 2.05) is 0 Å². The van der Waals surface area contributed by atoms with Gasteiger partial charge in [-0.3, -0.25) is 4.72 Å². The minimum Gasteiger partial charge on any atom is -0.396 e. The number of benzene rings is 2. The lowest BCUT2D eigenvalue weighted by molar-refractivity contribution is 0.299. The van der Waals surface area contributed by atoms with E-state index in [2.05, 4.69) is 4.72 Å². The van der Waals surface area contributed by atoms with Crippen molar-refractivity contribution >= 4 is 27.3 Å². The SMILES string of the molecule is O=S(=O)(Nc1ccc(CCO)cc1)c1ccc(Cl)cc1. The standard InChI is InChI=1S/C14H14ClNO3S/c15-12-3-7-14(8-4-12)20(18,19)16-13-5-1-11(2-6-13)9-10-17/h1-8,16-17H,9-10H2. The summed E-state index contributed by atoms with van der Waals surface area (Å²) >= 11 is 5.73. The molecule has 4 nitrogen and oxygen atoms in total. The maximum absolute atomic E-state index is 12.1. The molecular weight excluding hydrogens is 298 g/mol. The number of sulfonamides is 1. The highest BCUT2D eigenvalue weighted by Gasteiger charge is 2.13. The summed E-state index contributed by atoms with van der Waals surface area (Å²) in [6, 6.07) is 12.8. The van der Waals surface area contributed by atoms with Crippen LogP contribution in [0.25, 0.3) is 0 Å². The van der Waals surface area contributed by atoms with Gasteiger partial charge in [0.05, 0.1) is 4.90 Å². The van der Waals surface area contributed by atoms with Gasteiger partial charge in [-0.05, 0) is 48.4 Å². The third kappa shape index (κ3) is 3.72. The van der Waals surface area contributed by atoms with E-state index in [1.54, 1.807) is 24.3 Å². The zero-order chi connectivity index (χ0) is 14.6. The van der Waals surface area contributed by atoms with Crippen molar-refractivity contribution in [2.75, 3.05) is 11.3 Å². The van der Waals surface area contributed by atoms with E-state index in [4.69, 9.17) is 16.7 Å². The Labute approximate surface area is 123 Å². The van der Waals surface area contributed by atoms with Crippen LogP contribution < -0.4 is 4.72 Å². The maximum Gasteiger partial charge on any atom is 0.261 e. The zero-order valence-corrected chi connectivity index (χ0v) is 12.2. The third-order valence-corrected chi connectivity index (χ3v) is 4.38. The van der Waals surface area contributed by atoms with Crippen LogP contribution in [-0.2, 0) is 16.4 Å². The Morgan fingerprint density at radius 2 is 1.60 bits per heavy atom. The second kappa shape index (κ2) is 6.26. The summed E-state index contributed by atoms with van der Waals surface area (Å²) in [6.45, 7) is 0.0653. The average Bonchev–Trinajstić information content (AvgIpc) is 2.41. The number of hydrogen-bond donors (Lipinski definition) is 2. The maximum atomic E-state index is 12.1. The Balaban J connectivity index is 2.17. The minimum absolute atomic E-state index is 0.0653. The van der Waals surface area contributed by atoms with Crippen LogP contribution in [-0.4, -0.2) is 20.1 Å². The molecule has 0 aliphatic heterocycles. The largest absolute Gasteiger partial charge is 0.396 e. The average molecular weight is 312 g/mol. The van der Waals surface area contributed by atoms with Gasteiger partial charge in [-0.15, -0.1) is 0 Å². The lowest BCUT2D eigenvalue weighted by Gasteiger charge is -2.08. The van der Waals surface area contributed by atoms with Crippen LogP contribution in [0, 0.1) is 0 Å². The molecule has 0 aromatic heterocycles. The highest BCUT2D eigenvalue weighted by molar-refractivity contribution is 7.92. The summed E-state index contributed by atoms with van der Waals surface area (Å²) < 4.78 is 26.7. The molecule has 0 amide bonds. The fourth-order valence-electron chi connectivity index (χ4n) is 1.70. The first-order chi connectivity index (χ1) is 9.51. The van der Waals surface area contributed by atoms with Gasteiger partial charge in [0.25, 0.3) is 10.0 Å². The Kier molecular flexibility index (Phi) is 4.65. The van der Waals surface area contributed by atoms with Crippen LogP contribution in [0.5, 0.6) is 0 Å². The molecule has 0 spiro atoms. The van der Waals surface area contributed by atoms with Gasteiger partial charge in [-0.2, -0.15) is 0 Å². The second-order valence-electron chi connectivity index (χ2n) is 4.23. The number of aliphatic hydroxyl groups excluding tert-OH is 1. The Hall–Kier alpha value is -1.56. The monoisotopic (exact) mass is 311 g/mol. The number of nitrogens with one attached hydrogen (secondary N) is 1. The lowest BCUT2D eigenvalue weighted by Crippen LogP contribution is -2.12. The van der Waals surface area contributed by atoms with Crippen molar-refractivity contribution in [3.05, 3.63) is 59.1 Å². The first kappa shape index (κ1) is 14.8. The third-order valence-electron chi connectivity index (χ3n) is 2.73. The molecule has 0 unspecified atom stereocenters. The van der Waals surface area contributed by atoms with E-state index in [-0.39, 0.29) is 11.5 Å². The molecule has 0 saturated heterocycles. The quantitative estimate of drug-likeness (QED) is 0.892. The van der Waals surface area contributed by atoms with E-state index in [9.17, 15) is 8.42 Å². The van der Waals surface area contributed by atoms with Crippen molar-refractivity contribution in [2.24, 2.45) is 0 Å². The van der Waals surface area contributed by atoms with E-state index in [0.717, 1.165) is 5.56 Å². The van der Waals surface area contributed by atoms with Crippen LogP contribution in [0.4, 0.5) is 5.69 Å². The van der Waals surface area contributed by atoms with Crippen molar-refractivity contribution in [3.8, 4) is 0 Å². The molecule has 2 rings (SSSR count). The fraction of sp³-hybridized carbons (Fsp3) is 0.143. The topological polar surface area (TPSA) is 66.4 Å². The van der Waals surface area contributed by atoms with Crippen molar-refractivity contribution in [1.29, 1.82) is 0 Å². The molecule has 2 N–H and O–H groups in total.